The van der Waals surface area contributed by atoms with Gasteiger partial charge >= 0.3 is 0 Å². The molecule has 5 heteroatoms. The van der Waals surface area contributed by atoms with Crippen LogP contribution >= 0.6 is 0 Å². The predicted octanol–water partition coefficient (Wildman–Crippen LogP) is 2.25. The fraction of sp³-hybridized carbons (Fsp3) is 0.733. The van der Waals surface area contributed by atoms with Crippen molar-refractivity contribution in [2.24, 2.45) is 0 Å². The third-order valence-electron chi connectivity index (χ3n) is 4.06. The molecule has 1 atom stereocenters. The van der Waals surface area contributed by atoms with Crippen LogP contribution in [0.25, 0.3) is 0 Å². The van der Waals surface area contributed by atoms with Gasteiger partial charge in [0.15, 0.2) is 0 Å². The van der Waals surface area contributed by atoms with Gasteiger partial charge in [-0.05, 0) is 39.8 Å². The van der Waals surface area contributed by atoms with Crippen LogP contribution in [-0.2, 0) is 6.42 Å². The highest BCUT2D eigenvalue weighted by Gasteiger charge is 2.20. The summed E-state index contributed by atoms with van der Waals surface area (Å²) in [5, 5.41) is 3.11. The van der Waals surface area contributed by atoms with Crippen molar-refractivity contribution in [2.45, 2.75) is 45.6 Å². The Morgan fingerprint density at radius 1 is 1.40 bits per heavy atom. The summed E-state index contributed by atoms with van der Waals surface area (Å²) in [6, 6.07) is 0.659. The zero-order chi connectivity index (χ0) is 14.5. The SMILES string of the molecule is CCc1nc(NC)c(C)c(OCCC2CCCN2C)n1. The van der Waals surface area contributed by atoms with E-state index in [9.17, 15) is 0 Å². The number of nitrogens with zero attached hydrogens (tertiary/aromatic N) is 3. The second-order valence-electron chi connectivity index (χ2n) is 5.44. The molecular formula is C15H26N4O. The van der Waals surface area contributed by atoms with Crippen LogP contribution in [0.2, 0.25) is 0 Å². The molecule has 0 spiro atoms. The third-order valence-corrected chi connectivity index (χ3v) is 4.06. The Hall–Kier alpha value is -1.36. The Balaban J connectivity index is 1.97. The van der Waals surface area contributed by atoms with Gasteiger partial charge in [-0.25, -0.2) is 4.98 Å². The molecule has 5 nitrogen and oxygen atoms in total. The van der Waals surface area contributed by atoms with Crippen LogP contribution in [0, 0.1) is 6.92 Å². The molecule has 0 aliphatic carbocycles. The minimum absolute atomic E-state index is 0.659. The lowest BCUT2D eigenvalue weighted by molar-refractivity contribution is 0.227. The van der Waals surface area contributed by atoms with Crippen LogP contribution in [0.5, 0.6) is 5.88 Å². The summed E-state index contributed by atoms with van der Waals surface area (Å²) in [6.07, 6.45) is 4.47. The quantitative estimate of drug-likeness (QED) is 0.865. The molecule has 1 unspecified atom stereocenters. The second-order valence-corrected chi connectivity index (χ2v) is 5.44. The van der Waals surface area contributed by atoms with Crippen molar-refractivity contribution < 1.29 is 4.74 Å². The number of hydrogen-bond donors (Lipinski definition) is 1. The van der Waals surface area contributed by atoms with Gasteiger partial charge in [0, 0.05) is 19.5 Å². The van der Waals surface area contributed by atoms with Gasteiger partial charge in [0.25, 0.3) is 0 Å². The molecule has 0 aromatic carbocycles. The molecule has 0 radical (unpaired) electrons. The highest BCUT2D eigenvalue weighted by Crippen LogP contribution is 2.23. The molecule has 1 aromatic heterocycles. The summed E-state index contributed by atoms with van der Waals surface area (Å²) < 4.78 is 5.91. The number of aryl methyl sites for hydroxylation is 1. The minimum Gasteiger partial charge on any atom is -0.477 e. The van der Waals surface area contributed by atoms with Crippen LogP contribution in [0.15, 0.2) is 0 Å². The number of ether oxygens (including phenoxy) is 1. The van der Waals surface area contributed by atoms with Gasteiger partial charge < -0.3 is 15.0 Å². The molecule has 1 aliphatic heterocycles. The summed E-state index contributed by atoms with van der Waals surface area (Å²) in [5.74, 6) is 2.42. The van der Waals surface area contributed by atoms with Crippen LogP contribution in [-0.4, -0.2) is 48.2 Å². The Labute approximate surface area is 121 Å². The molecule has 1 aromatic rings. The molecule has 2 heterocycles. The van der Waals surface area contributed by atoms with E-state index in [1.165, 1.54) is 19.4 Å². The van der Waals surface area contributed by atoms with Crippen LogP contribution in [0.1, 0.15) is 37.6 Å². The molecule has 2 rings (SSSR count). The van der Waals surface area contributed by atoms with Crippen molar-refractivity contribution in [3.05, 3.63) is 11.4 Å². The van der Waals surface area contributed by atoms with E-state index in [0.29, 0.717) is 6.04 Å². The molecule has 1 fully saturated rings. The van der Waals surface area contributed by atoms with E-state index in [0.717, 1.165) is 42.5 Å². The largest absolute Gasteiger partial charge is 0.477 e. The first-order valence-electron chi connectivity index (χ1n) is 7.54. The molecule has 1 aliphatic rings. The topological polar surface area (TPSA) is 50.3 Å². The van der Waals surface area contributed by atoms with Crippen LogP contribution in [0.3, 0.4) is 0 Å². The molecule has 0 saturated carbocycles. The van der Waals surface area contributed by atoms with Crippen molar-refractivity contribution in [3.8, 4) is 5.88 Å². The highest BCUT2D eigenvalue weighted by atomic mass is 16.5. The maximum atomic E-state index is 5.91. The second kappa shape index (κ2) is 6.88. The molecular weight excluding hydrogens is 252 g/mol. The van der Waals surface area contributed by atoms with E-state index in [-0.39, 0.29) is 0 Å². The Kier molecular flexibility index (Phi) is 5.17. The van der Waals surface area contributed by atoms with Gasteiger partial charge in [0.2, 0.25) is 5.88 Å². The minimum atomic E-state index is 0.659. The zero-order valence-electron chi connectivity index (χ0n) is 13.1. The molecule has 0 amide bonds. The highest BCUT2D eigenvalue weighted by molar-refractivity contribution is 5.48. The number of rotatable bonds is 6. The van der Waals surface area contributed by atoms with Gasteiger partial charge in [-0.15, -0.1) is 0 Å². The monoisotopic (exact) mass is 278 g/mol. The molecule has 0 bridgehead atoms. The number of hydrogen-bond acceptors (Lipinski definition) is 5. The van der Waals surface area contributed by atoms with E-state index in [2.05, 4.69) is 34.2 Å². The van der Waals surface area contributed by atoms with E-state index in [1.54, 1.807) is 0 Å². The summed E-state index contributed by atoms with van der Waals surface area (Å²) >= 11 is 0. The van der Waals surface area contributed by atoms with E-state index in [1.807, 2.05) is 14.0 Å². The van der Waals surface area contributed by atoms with Gasteiger partial charge in [-0.1, -0.05) is 6.92 Å². The average molecular weight is 278 g/mol. The fourth-order valence-electron chi connectivity index (χ4n) is 2.72. The van der Waals surface area contributed by atoms with Crippen molar-refractivity contribution >= 4 is 5.82 Å². The van der Waals surface area contributed by atoms with Gasteiger partial charge in [0.1, 0.15) is 11.6 Å². The van der Waals surface area contributed by atoms with Crippen LogP contribution < -0.4 is 10.1 Å². The van der Waals surface area contributed by atoms with E-state index >= 15 is 0 Å². The lowest BCUT2D eigenvalue weighted by Gasteiger charge is -2.19. The molecule has 112 valence electrons. The van der Waals surface area contributed by atoms with Crippen molar-refractivity contribution in [3.63, 3.8) is 0 Å². The number of likely N-dealkylation sites (tertiary alicyclic amines) is 1. The van der Waals surface area contributed by atoms with Crippen molar-refractivity contribution in [1.29, 1.82) is 0 Å². The van der Waals surface area contributed by atoms with E-state index < -0.39 is 0 Å². The molecule has 20 heavy (non-hydrogen) atoms. The zero-order valence-corrected chi connectivity index (χ0v) is 13.1. The summed E-state index contributed by atoms with van der Waals surface area (Å²) in [5.41, 5.74) is 0.990. The smallest absolute Gasteiger partial charge is 0.221 e. The van der Waals surface area contributed by atoms with Gasteiger partial charge in [-0.2, -0.15) is 4.98 Å². The summed E-state index contributed by atoms with van der Waals surface area (Å²) in [7, 11) is 4.08. The first-order chi connectivity index (χ1) is 9.65. The fourth-order valence-corrected chi connectivity index (χ4v) is 2.72. The maximum absolute atomic E-state index is 5.91. The van der Waals surface area contributed by atoms with Crippen molar-refractivity contribution in [1.82, 2.24) is 14.9 Å². The molecule has 1 N–H and O–H groups in total. The summed E-state index contributed by atoms with van der Waals surface area (Å²) in [6.45, 7) is 5.99. The van der Waals surface area contributed by atoms with E-state index in [4.69, 9.17) is 4.74 Å². The van der Waals surface area contributed by atoms with Crippen molar-refractivity contribution in [2.75, 3.05) is 32.6 Å². The summed E-state index contributed by atoms with van der Waals surface area (Å²) in [4.78, 5) is 11.4. The Bertz CT molecular complexity index is 450. The Morgan fingerprint density at radius 3 is 2.80 bits per heavy atom. The first kappa shape index (κ1) is 15.0. The third kappa shape index (κ3) is 3.39. The lowest BCUT2D eigenvalue weighted by Crippen LogP contribution is -2.26. The lowest BCUT2D eigenvalue weighted by atomic mass is 10.1. The van der Waals surface area contributed by atoms with Gasteiger partial charge in [0.05, 0.1) is 12.2 Å². The first-order valence-corrected chi connectivity index (χ1v) is 7.54. The Morgan fingerprint density at radius 2 is 2.20 bits per heavy atom. The normalized spacial score (nSPS) is 19.3. The molecule has 1 saturated heterocycles. The number of nitrogens with one attached hydrogen (secondary N) is 1. The average Bonchev–Trinajstić information content (AvgIpc) is 2.86. The maximum Gasteiger partial charge on any atom is 0.221 e. The number of aromatic nitrogens is 2. The van der Waals surface area contributed by atoms with Crippen LogP contribution in [0.4, 0.5) is 5.82 Å². The van der Waals surface area contributed by atoms with Gasteiger partial charge in [-0.3, -0.25) is 0 Å². The standard InChI is InChI=1S/C15H26N4O/c1-5-13-17-14(16-3)11(2)15(18-13)20-10-8-12-7-6-9-19(12)4/h12H,5-10H2,1-4H3,(H,16,17,18). The number of anilines is 1. The predicted molar refractivity (Wildman–Crippen MR) is 81.5 cm³/mol.